The fourth-order valence-electron chi connectivity index (χ4n) is 5.19. The minimum atomic E-state index is -1.19. The Hall–Kier alpha value is -4.86. The Morgan fingerprint density at radius 1 is 0.891 bits per heavy atom. The molecule has 0 unspecified atom stereocenters. The van der Waals surface area contributed by atoms with Gasteiger partial charge in [-0.25, -0.2) is 0 Å². The molecule has 3 N–H and O–H groups in total. The van der Waals surface area contributed by atoms with E-state index in [0.29, 0.717) is 38.3 Å². The predicted molar refractivity (Wildman–Crippen MR) is 176 cm³/mol. The largest absolute Gasteiger partial charge is 0.494 e. The number of carbonyl (C=O) groups is 4. The third kappa shape index (κ3) is 10.9. The standard InChI is InChI=1S/C36H44N4O6/c1-40-22-12-2-3-13-23-46-32-20-11-10-19-29(32)34(42)39-30(35(43)37-21-14-24-45-28-17-8-5-9-18-28)26-33(41)38-31(36(40)44)25-27-15-6-4-7-16-27/h4-11,15-20,30-31H,2-3,12-14,21-26H2,1H3,(H,37,43)(H,38,41)(H,39,42)/t30-,31-/m0/s1. The number of carbonyl (C=O) groups excluding carboxylic acids is 4. The molecule has 10 heteroatoms. The van der Waals surface area contributed by atoms with Gasteiger partial charge >= 0.3 is 0 Å². The maximum Gasteiger partial charge on any atom is 0.255 e. The van der Waals surface area contributed by atoms with Crippen molar-refractivity contribution in [3.63, 3.8) is 0 Å². The Bertz CT molecular complexity index is 1420. The van der Waals surface area contributed by atoms with Crippen molar-refractivity contribution in [3.8, 4) is 11.5 Å². The quantitative estimate of drug-likeness (QED) is 0.325. The molecule has 3 aromatic carbocycles. The van der Waals surface area contributed by atoms with Crippen LogP contribution in [0.4, 0.5) is 0 Å². The summed E-state index contributed by atoms with van der Waals surface area (Å²) in [5.41, 5.74) is 1.17. The zero-order valence-electron chi connectivity index (χ0n) is 26.4. The van der Waals surface area contributed by atoms with Crippen LogP contribution >= 0.6 is 0 Å². The van der Waals surface area contributed by atoms with Crippen molar-refractivity contribution in [3.05, 3.63) is 96.1 Å². The Labute approximate surface area is 270 Å². The molecule has 0 saturated heterocycles. The number of ether oxygens (including phenoxy) is 2. The molecule has 46 heavy (non-hydrogen) atoms. The Morgan fingerprint density at radius 3 is 2.37 bits per heavy atom. The number of para-hydroxylation sites is 2. The van der Waals surface area contributed by atoms with E-state index in [2.05, 4.69) is 16.0 Å². The van der Waals surface area contributed by atoms with E-state index in [-0.39, 0.29) is 24.4 Å². The summed E-state index contributed by atoms with van der Waals surface area (Å²) in [6, 6.07) is 23.7. The van der Waals surface area contributed by atoms with Gasteiger partial charge in [-0.05, 0) is 49.1 Å². The van der Waals surface area contributed by atoms with E-state index in [0.717, 1.165) is 37.0 Å². The number of nitrogens with one attached hydrogen (secondary N) is 3. The molecule has 0 radical (unpaired) electrons. The highest BCUT2D eigenvalue weighted by molar-refractivity contribution is 6.01. The number of amides is 4. The maximum atomic E-state index is 13.5. The van der Waals surface area contributed by atoms with Crippen LogP contribution in [0.25, 0.3) is 0 Å². The molecular formula is C36H44N4O6. The van der Waals surface area contributed by atoms with Crippen LogP contribution in [0, 0.1) is 0 Å². The lowest BCUT2D eigenvalue weighted by molar-refractivity contribution is -0.136. The van der Waals surface area contributed by atoms with Gasteiger partial charge in [0.05, 0.1) is 25.2 Å². The summed E-state index contributed by atoms with van der Waals surface area (Å²) in [7, 11) is 1.74. The summed E-state index contributed by atoms with van der Waals surface area (Å²) in [5, 5.41) is 8.42. The van der Waals surface area contributed by atoms with Crippen LogP contribution in [0.3, 0.4) is 0 Å². The van der Waals surface area contributed by atoms with Gasteiger partial charge in [-0.2, -0.15) is 0 Å². The van der Waals surface area contributed by atoms with Crippen molar-refractivity contribution in [1.29, 1.82) is 0 Å². The van der Waals surface area contributed by atoms with Crippen molar-refractivity contribution in [1.82, 2.24) is 20.9 Å². The zero-order valence-corrected chi connectivity index (χ0v) is 26.4. The highest BCUT2D eigenvalue weighted by Gasteiger charge is 2.29. The molecular weight excluding hydrogens is 584 g/mol. The lowest BCUT2D eigenvalue weighted by atomic mass is 10.0. The number of likely N-dealkylation sites (N-methyl/N-ethyl adjacent to an activating group) is 1. The number of hydrogen-bond acceptors (Lipinski definition) is 6. The van der Waals surface area contributed by atoms with Crippen LogP contribution in [0.2, 0.25) is 0 Å². The second-order valence-corrected chi connectivity index (χ2v) is 11.4. The van der Waals surface area contributed by atoms with Gasteiger partial charge in [-0.3, -0.25) is 19.2 Å². The summed E-state index contributed by atoms with van der Waals surface area (Å²) in [4.78, 5) is 55.5. The molecule has 0 fully saturated rings. The average molecular weight is 629 g/mol. The van der Waals surface area contributed by atoms with Gasteiger partial charge in [0.15, 0.2) is 0 Å². The third-order valence-corrected chi connectivity index (χ3v) is 7.71. The van der Waals surface area contributed by atoms with E-state index in [9.17, 15) is 19.2 Å². The highest BCUT2D eigenvalue weighted by Crippen LogP contribution is 2.19. The van der Waals surface area contributed by atoms with Crippen molar-refractivity contribution < 1.29 is 28.7 Å². The number of rotatable bonds is 8. The third-order valence-electron chi connectivity index (χ3n) is 7.71. The number of benzene rings is 3. The van der Waals surface area contributed by atoms with Crippen LogP contribution in [0.15, 0.2) is 84.9 Å². The topological polar surface area (TPSA) is 126 Å². The lowest BCUT2D eigenvalue weighted by Crippen LogP contribution is -2.53. The summed E-state index contributed by atoms with van der Waals surface area (Å²) in [6.07, 6.45) is 3.87. The van der Waals surface area contributed by atoms with Crippen LogP contribution < -0.4 is 25.4 Å². The summed E-state index contributed by atoms with van der Waals surface area (Å²) < 4.78 is 11.6. The number of fused-ring (bicyclic) bond motifs is 1. The average Bonchev–Trinajstić information content (AvgIpc) is 3.07. The maximum absolute atomic E-state index is 13.5. The summed E-state index contributed by atoms with van der Waals surface area (Å²) in [5.74, 6) is -0.642. The van der Waals surface area contributed by atoms with Gasteiger partial charge in [0.25, 0.3) is 5.91 Å². The van der Waals surface area contributed by atoms with Crippen molar-refractivity contribution in [2.45, 2.75) is 57.0 Å². The van der Waals surface area contributed by atoms with Crippen molar-refractivity contribution >= 4 is 23.6 Å². The van der Waals surface area contributed by atoms with Gasteiger partial charge in [0, 0.05) is 26.6 Å². The first-order valence-corrected chi connectivity index (χ1v) is 16.0. The molecule has 0 aliphatic carbocycles. The Morgan fingerprint density at radius 2 is 1.59 bits per heavy atom. The van der Waals surface area contributed by atoms with Gasteiger partial charge in [-0.15, -0.1) is 0 Å². The Kier molecular flexibility index (Phi) is 13.5. The van der Waals surface area contributed by atoms with E-state index in [1.165, 1.54) is 0 Å². The Balaban J connectivity index is 1.50. The molecule has 244 valence electrons. The minimum Gasteiger partial charge on any atom is -0.494 e. The van der Waals surface area contributed by atoms with Crippen LogP contribution in [-0.4, -0.2) is 74.0 Å². The molecule has 0 spiro atoms. The van der Waals surface area contributed by atoms with E-state index >= 15 is 0 Å². The fraction of sp³-hybridized carbons (Fsp3) is 0.389. The minimum absolute atomic E-state index is 0.209. The second-order valence-electron chi connectivity index (χ2n) is 11.4. The second kappa shape index (κ2) is 18.2. The van der Waals surface area contributed by atoms with Gasteiger partial charge in [-0.1, -0.05) is 73.5 Å². The molecule has 2 atom stereocenters. The first kappa shape index (κ1) is 34.0. The zero-order chi connectivity index (χ0) is 32.6. The molecule has 4 amide bonds. The highest BCUT2D eigenvalue weighted by atomic mass is 16.5. The molecule has 0 aromatic heterocycles. The number of hydrogen-bond donors (Lipinski definition) is 3. The summed E-state index contributed by atoms with van der Waals surface area (Å²) in [6.45, 7) is 1.64. The smallest absolute Gasteiger partial charge is 0.255 e. The monoisotopic (exact) mass is 628 g/mol. The van der Waals surface area contributed by atoms with Crippen molar-refractivity contribution in [2.24, 2.45) is 0 Å². The molecule has 0 bridgehead atoms. The molecule has 3 aromatic rings. The molecule has 0 saturated carbocycles. The van der Waals surface area contributed by atoms with E-state index < -0.39 is 29.8 Å². The first-order chi connectivity index (χ1) is 22.4. The van der Waals surface area contributed by atoms with Crippen molar-refractivity contribution in [2.75, 3.05) is 33.4 Å². The predicted octanol–water partition coefficient (Wildman–Crippen LogP) is 3.90. The van der Waals surface area contributed by atoms with Gasteiger partial charge < -0.3 is 30.3 Å². The van der Waals surface area contributed by atoms with E-state index in [4.69, 9.17) is 9.47 Å². The van der Waals surface area contributed by atoms with Gasteiger partial charge in [0.2, 0.25) is 17.7 Å². The molecule has 1 aliphatic heterocycles. The molecule has 10 nitrogen and oxygen atoms in total. The molecule has 4 rings (SSSR count). The van der Waals surface area contributed by atoms with Crippen LogP contribution in [-0.2, 0) is 20.8 Å². The fourth-order valence-corrected chi connectivity index (χ4v) is 5.19. The normalized spacial score (nSPS) is 18.5. The lowest BCUT2D eigenvalue weighted by Gasteiger charge is -2.26. The van der Waals surface area contributed by atoms with E-state index in [1.54, 1.807) is 36.2 Å². The summed E-state index contributed by atoms with van der Waals surface area (Å²) >= 11 is 0. The first-order valence-electron chi connectivity index (χ1n) is 16.0. The molecule has 1 heterocycles. The SMILES string of the molecule is CN1CCCCCCOc2ccccc2C(=O)N[C@H](C(=O)NCCCOc2ccccc2)CC(=O)N[C@@H](Cc2ccccc2)C1=O. The van der Waals surface area contributed by atoms with Gasteiger partial charge in [0.1, 0.15) is 23.6 Å². The van der Waals surface area contributed by atoms with Crippen LogP contribution in [0.1, 0.15) is 54.4 Å². The van der Waals surface area contributed by atoms with E-state index in [1.807, 2.05) is 60.7 Å². The number of nitrogens with zero attached hydrogens (tertiary/aromatic N) is 1. The molecule has 1 aliphatic rings. The van der Waals surface area contributed by atoms with Crippen LogP contribution in [0.5, 0.6) is 11.5 Å².